The van der Waals surface area contributed by atoms with E-state index in [1.165, 1.54) is 34.9 Å². The third-order valence-corrected chi connectivity index (χ3v) is 8.43. The maximum absolute atomic E-state index is 12.9. The van der Waals surface area contributed by atoms with Crippen LogP contribution in [0.25, 0.3) is 32.6 Å². The number of carbonyl (C=O) groups is 2. The van der Waals surface area contributed by atoms with E-state index in [9.17, 15) is 9.59 Å². The van der Waals surface area contributed by atoms with E-state index in [1.807, 2.05) is 59.3 Å². The molecule has 0 radical (unpaired) electrons. The molecule has 0 aliphatic heterocycles. The van der Waals surface area contributed by atoms with Crippen LogP contribution in [0.15, 0.2) is 70.5 Å². The summed E-state index contributed by atoms with van der Waals surface area (Å²) in [6.07, 6.45) is 0. The number of carbonyl (C=O) groups excluding carboxylic acids is 2. The molecule has 0 spiro atoms. The van der Waals surface area contributed by atoms with Crippen LogP contribution in [0.3, 0.4) is 0 Å². The molecule has 3 aromatic heterocycles. The lowest BCUT2D eigenvalue weighted by Gasteiger charge is -2.09. The van der Waals surface area contributed by atoms with E-state index in [2.05, 4.69) is 33.0 Å². The molecule has 0 fully saturated rings. The van der Waals surface area contributed by atoms with Gasteiger partial charge in [0.2, 0.25) is 5.91 Å². The number of rotatable bonds is 8. The Morgan fingerprint density at radius 3 is 2.53 bits per heavy atom. The number of nitrogens with zero attached hydrogens (tertiary/aromatic N) is 3. The van der Waals surface area contributed by atoms with Gasteiger partial charge in [0.1, 0.15) is 10.6 Å². The molecule has 0 aliphatic rings. The van der Waals surface area contributed by atoms with E-state index in [0.29, 0.717) is 22.3 Å². The highest BCUT2D eigenvalue weighted by Gasteiger charge is 2.23. The average molecular weight is 535 g/mol. The van der Waals surface area contributed by atoms with Crippen LogP contribution in [0.4, 0.5) is 5.00 Å². The summed E-state index contributed by atoms with van der Waals surface area (Å²) in [5.41, 5.74) is 3.01. The van der Waals surface area contributed by atoms with Crippen molar-refractivity contribution in [3.05, 3.63) is 70.9 Å². The number of nitrogens with one attached hydrogen (secondary N) is 1. The van der Waals surface area contributed by atoms with E-state index >= 15 is 0 Å². The third kappa shape index (κ3) is 4.67. The summed E-state index contributed by atoms with van der Waals surface area (Å²) < 4.78 is 8.21. The number of esters is 1. The van der Waals surface area contributed by atoms with Crippen molar-refractivity contribution < 1.29 is 14.3 Å². The molecule has 36 heavy (non-hydrogen) atoms. The molecule has 1 N–H and O–H groups in total. The van der Waals surface area contributed by atoms with Gasteiger partial charge in [0.15, 0.2) is 11.0 Å². The number of fused-ring (bicyclic) bond motifs is 1. The second kappa shape index (κ2) is 10.7. The van der Waals surface area contributed by atoms with Crippen LogP contribution in [0.5, 0.6) is 0 Å². The molecule has 2 aromatic carbocycles. The number of anilines is 1. The van der Waals surface area contributed by atoms with Gasteiger partial charge in [0.05, 0.1) is 12.9 Å². The number of thiophene rings is 2. The Labute approximate surface area is 220 Å². The van der Waals surface area contributed by atoms with Crippen molar-refractivity contribution in [2.75, 3.05) is 18.2 Å². The number of methoxy groups -OCH3 is 1. The molecular weight excluding hydrogens is 513 g/mol. The van der Waals surface area contributed by atoms with Crippen LogP contribution in [-0.4, -0.2) is 39.5 Å². The van der Waals surface area contributed by atoms with Gasteiger partial charge in [0.25, 0.3) is 0 Å². The standard InChI is InChI=1S/C26H22N4O3S3/c1-3-30-23(19-14-34-20-12-8-7-11-17(19)20)28-29-26(30)36-15-21(31)27-24-22(25(32)33-2)18(13-35-24)16-9-5-4-6-10-16/h4-14H,3,15H2,1-2H3,(H,27,31). The molecule has 3 heterocycles. The van der Waals surface area contributed by atoms with E-state index in [-0.39, 0.29) is 11.7 Å². The molecule has 0 saturated heterocycles. The largest absolute Gasteiger partial charge is 0.465 e. The van der Waals surface area contributed by atoms with Crippen LogP contribution in [0, 0.1) is 0 Å². The lowest BCUT2D eigenvalue weighted by atomic mass is 10.0. The SMILES string of the molecule is CCn1c(SCC(=O)Nc2scc(-c3ccccc3)c2C(=O)OC)nnc1-c1csc2ccccc12. The monoisotopic (exact) mass is 534 g/mol. The first-order valence-corrected chi connectivity index (χ1v) is 13.9. The number of thioether (sulfide) groups is 1. The third-order valence-electron chi connectivity index (χ3n) is 5.61. The van der Waals surface area contributed by atoms with Gasteiger partial charge in [-0.2, -0.15) is 0 Å². The molecule has 5 aromatic rings. The summed E-state index contributed by atoms with van der Waals surface area (Å²) >= 11 is 4.29. The molecule has 5 rings (SSSR count). The van der Waals surface area contributed by atoms with Gasteiger partial charge in [-0.1, -0.05) is 60.3 Å². The van der Waals surface area contributed by atoms with Gasteiger partial charge in [-0.3, -0.25) is 4.79 Å². The van der Waals surface area contributed by atoms with Crippen LogP contribution >= 0.6 is 34.4 Å². The summed E-state index contributed by atoms with van der Waals surface area (Å²) in [7, 11) is 1.34. The Morgan fingerprint density at radius 1 is 1.00 bits per heavy atom. The van der Waals surface area contributed by atoms with Gasteiger partial charge in [0, 0.05) is 38.5 Å². The molecule has 182 valence electrons. The summed E-state index contributed by atoms with van der Waals surface area (Å²) in [4.78, 5) is 25.4. The Hall–Kier alpha value is -3.47. The van der Waals surface area contributed by atoms with Gasteiger partial charge in [-0.15, -0.1) is 32.9 Å². The zero-order valence-corrected chi connectivity index (χ0v) is 22.0. The number of amides is 1. The van der Waals surface area contributed by atoms with Gasteiger partial charge in [-0.05, 0) is 18.6 Å². The summed E-state index contributed by atoms with van der Waals surface area (Å²) in [6.45, 7) is 2.71. The lowest BCUT2D eigenvalue weighted by molar-refractivity contribution is -0.113. The first-order chi connectivity index (χ1) is 17.6. The number of ether oxygens (including phenoxy) is 1. The predicted octanol–water partition coefficient (Wildman–Crippen LogP) is 6.43. The van der Waals surface area contributed by atoms with Crippen molar-refractivity contribution in [2.24, 2.45) is 0 Å². The minimum Gasteiger partial charge on any atom is -0.465 e. The highest BCUT2D eigenvalue weighted by atomic mass is 32.2. The van der Waals surface area contributed by atoms with Gasteiger partial charge >= 0.3 is 5.97 Å². The normalized spacial score (nSPS) is 11.1. The van der Waals surface area contributed by atoms with Crippen molar-refractivity contribution >= 4 is 61.4 Å². The number of hydrogen-bond acceptors (Lipinski definition) is 8. The van der Waals surface area contributed by atoms with Crippen molar-refractivity contribution in [1.29, 1.82) is 0 Å². The number of hydrogen-bond donors (Lipinski definition) is 1. The zero-order chi connectivity index (χ0) is 25.1. The molecule has 7 nitrogen and oxygen atoms in total. The first-order valence-electron chi connectivity index (χ1n) is 11.2. The number of aromatic nitrogens is 3. The van der Waals surface area contributed by atoms with Crippen LogP contribution in [-0.2, 0) is 16.1 Å². The maximum Gasteiger partial charge on any atom is 0.341 e. The quantitative estimate of drug-likeness (QED) is 0.182. The molecule has 0 atom stereocenters. The summed E-state index contributed by atoms with van der Waals surface area (Å²) in [6, 6.07) is 17.8. The van der Waals surface area contributed by atoms with Crippen LogP contribution < -0.4 is 5.32 Å². The van der Waals surface area contributed by atoms with E-state index < -0.39 is 5.97 Å². The highest BCUT2D eigenvalue weighted by Crippen LogP contribution is 2.37. The fourth-order valence-corrected chi connectivity index (χ4v) is 6.62. The van der Waals surface area contributed by atoms with E-state index in [0.717, 1.165) is 27.9 Å². The molecular formula is C26H22N4O3S3. The minimum atomic E-state index is -0.489. The first kappa shape index (κ1) is 24.2. The zero-order valence-electron chi connectivity index (χ0n) is 19.6. The van der Waals surface area contributed by atoms with Crippen LogP contribution in [0.2, 0.25) is 0 Å². The molecule has 0 aliphatic carbocycles. The topological polar surface area (TPSA) is 86.1 Å². The molecule has 1 amide bonds. The maximum atomic E-state index is 12.9. The van der Waals surface area contributed by atoms with Crippen molar-refractivity contribution in [3.63, 3.8) is 0 Å². The highest BCUT2D eigenvalue weighted by molar-refractivity contribution is 7.99. The lowest BCUT2D eigenvalue weighted by Crippen LogP contribution is -2.16. The molecule has 10 heteroatoms. The summed E-state index contributed by atoms with van der Waals surface area (Å²) in [5.74, 6) is 0.189. The Kier molecular flexibility index (Phi) is 7.17. The fraction of sp³-hybridized carbons (Fsp3) is 0.154. The second-order valence-electron chi connectivity index (χ2n) is 7.74. The van der Waals surface area contributed by atoms with Crippen molar-refractivity contribution in [2.45, 2.75) is 18.6 Å². The Balaban J connectivity index is 1.34. The fourth-order valence-electron chi connectivity index (χ4n) is 3.91. The minimum absolute atomic E-state index is 0.127. The van der Waals surface area contributed by atoms with E-state index in [4.69, 9.17) is 4.74 Å². The predicted molar refractivity (Wildman–Crippen MR) is 147 cm³/mol. The van der Waals surface area contributed by atoms with Crippen molar-refractivity contribution in [3.8, 4) is 22.5 Å². The number of benzene rings is 2. The van der Waals surface area contributed by atoms with E-state index in [1.54, 1.807) is 11.3 Å². The van der Waals surface area contributed by atoms with Gasteiger partial charge < -0.3 is 14.6 Å². The molecule has 0 saturated carbocycles. The van der Waals surface area contributed by atoms with Crippen LogP contribution in [0.1, 0.15) is 17.3 Å². The second-order valence-corrected chi connectivity index (χ2v) is 10.5. The summed E-state index contributed by atoms with van der Waals surface area (Å²) in [5, 5.41) is 17.9. The Bertz CT molecular complexity index is 1540. The van der Waals surface area contributed by atoms with Crippen molar-refractivity contribution in [1.82, 2.24) is 14.8 Å². The Morgan fingerprint density at radius 2 is 1.75 bits per heavy atom. The average Bonchev–Trinajstić information content (AvgIpc) is 3.63. The van der Waals surface area contributed by atoms with Gasteiger partial charge in [-0.25, -0.2) is 4.79 Å². The smallest absolute Gasteiger partial charge is 0.341 e. The molecule has 0 unspecified atom stereocenters. The molecule has 0 bridgehead atoms.